The van der Waals surface area contributed by atoms with E-state index in [0.29, 0.717) is 23.0 Å². The molecule has 1 saturated heterocycles. The first-order chi connectivity index (χ1) is 12.5. The lowest BCUT2D eigenvalue weighted by molar-refractivity contribution is -0.141. The monoisotopic (exact) mass is 378 g/mol. The molecule has 3 rings (SSSR count). The lowest BCUT2D eigenvalue weighted by atomic mass is 9.94. The zero-order chi connectivity index (χ0) is 18.7. The first-order valence-corrected chi connectivity index (χ1v) is 9.18. The van der Waals surface area contributed by atoms with Gasteiger partial charge in [0.1, 0.15) is 18.5 Å². The van der Waals surface area contributed by atoms with Gasteiger partial charge in [0.25, 0.3) is 0 Å². The maximum absolute atomic E-state index is 14.6. The standard InChI is InChI=1S/C18H19FN2O4S/c1-11-15(17(23)25-9-8-24-2)16(12-5-3-4-6-13(12)19)21-14(22)7-10-26-18(21)20-11/h3-6,16H,7-10H2,1-2H3/t16-/m1/s1. The van der Waals surface area contributed by atoms with Crippen LogP contribution in [-0.4, -0.2) is 48.0 Å². The Bertz CT molecular complexity index is 793. The molecule has 0 aromatic heterocycles. The van der Waals surface area contributed by atoms with E-state index >= 15 is 0 Å². The molecule has 26 heavy (non-hydrogen) atoms. The molecule has 6 nitrogen and oxygen atoms in total. The van der Waals surface area contributed by atoms with Crippen LogP contribution in [0.1, 0.15) is 24.9 Å². The number of carbonyl (C=O) groups is 2. The molecular weight excluding hydrogens is 359 g/mol. The van der Waals surface area contributed by atoms with Crippen molar-refractivity contribution in [2.75, 3.05) is 26.1 Å². The van der Waals surface area contributed by atoms with Gasteiger partial charge in [-0.1, -0.05) is 30.0 Å². The highest BCUT2D eigenvalue weighted by Gasteiger charge is 2.42. The van der Waals surface area contributed by atoms with Gasteiger partial charge in [-0.15, -0.1) is 0 Å². The van der Waals surface area contributed by atoms with Gasteiger partial charge in [0.2, 0.25) is 5.91 Å². The van der Waals surface area contributed by atoms with Crippen LogP contribution in [0.2, 0.25) is 0 Å². The van der Waals surface area contributed by atoms with Crippen LogP contribution in [0.5, 0.6) is 0 Å². The van der Waals surface area contributed by atoms with E-state index in [4.69, 9.17) is 9.47 Å². The van der Waals surface area contributed by atoms with Crippen LogP contribution < -0.4 is 0 Å². The Morgan fingerprint density at radius 2 is 2.15 bits per heavy atom. The molecule has 0 spiro atoms. The van der Waals surface area contributed by atoms with Crippen molar-refractivity contribution in [1.29, 1.82) is 0 Å². The van der Waals surface area contributed by atoms with Gasteiger partial charge < -0.3 is 9.47 Å². The molecule has 1 aromatic carbocycles. The quantitative estimate of drug-likeness (QED) is 0.582. The number of carbonyl (C=O) groups excluding carboxylic acids is 2. The number of fused-ring (bicyclic) bond motifs is 1. The third kappa shape index (κ3) is 3.52. The number of aliphatic imine (C=N–C) groups is 1. The van der Waals surface area contributed by atoms with Crippen molar-refractivity contribution in [2.24, 2.45) is 4.99 Å². The van der Waals surface area contributed by atoms with Crippen LogP contribution in [0, 0.1) is 5.82 Å². The summed E-state index contributed by atoms with van der Waals surface area (Å²) in [5, 5.41) is 0.487. The van der Waals surface area contributed by atoms with Crippen molar-refractivity contribution in [3.8, 4) is 0 Å². The molecular formula is C18H19FN2O4S. The first kappa shape index (κ1) is 18.6. The van der Waals surface area contributed by atoms with Crippen molar-refractivity contribution >= 4 is 28.8 Å². The van der Waals surface area contributed by atoms with Gasteiger partial charge in [0.05, 0.1) is 17.9 Å². The van der Waals surface area contributed by atoms with Gasteiger partial charge in [-0.2, -0.15) is 0 Å². The number of allylic oxidation sites excluding steroid dienone is 1. The Balaban J connectivity index is 2.07. The second-order valence-corrected chi connectivity index (χ2v) is 6.87. The molecule has 0 radical (unpaired) electrons. The number of benzene rings is 1. The van der Waals surface area contributed by atoms with Crippen molar-refractivity contribution in [3.63, 3.8) is 0 Å². The highest BCUT2D eigenvalue weighted by atomic mass is 32.2. The molecule has 0 aliphatic carbocycles. The van der Waals surface area contributed by atoms with E-state index in [2.05, 4.69) is 4.99 Å². The number of nitrogens with zero attached hydrogens (tertiary/aromatic N) is 2. The Labute approximate surface area is 155 Å². The van der Waals surface area contributed by atoms with Crippen molar-refractivity contribution in [3.05, 3.63) is 46.9 Å². The van der Waals surface area contributed by atoms with E-state index in [1.807, 2.05) is 0 Å². The zero-order valence-corrected chi connectivity index (χ0v) is 15.3. The van der Waals surface area contributed by atoms with Crippen molar-refractivity contribution in [2.45, 2.75) is 19.4 Å². The van der Waals surface area contributed by atoms with Gasteiger partial charge in [-0.05, 0) is 13.0 Å². The summed E-state index contributed by atoms with van der Waals surface area (Å²) in [5.41, 5.74) is 0.841. The van der Waals surface area contributed by atoms with Crippen LogP contribution in [0.25, 0.3) is 0 Å². The van der Waals surface area contributed by atoms with Gasteiger partial charge in [-0.25, -0.2) is 14.2 Å². The topological polar surface area (TPSA) is 68.2 Å². The maximum atomic E-state index is 14.6. The first-order valence-electron chi connectivity index (χ1n) is 8.19. The number of methoxy groups -OCH3 is 1. The number of ether oxygens (including phenoxy) is 2. The van der Waals surface area contributed by atoms with Gasteiger partial charge in [-0.3, -0.25) is 9.69 Å². The van der Waals surface area contributed by atoms with Crippen LogP contribution in [-0.2, 0) is 19.1 Å². The molecule has 0 saturated carbocycles. The number of esters is 1. The second-order valence-electron chi connectivity index (χ2n) is 5.81. The minimum Gasteiger partial charge on any atom is -0.460 e. The summed E-state index contributed by atoms with van der Waals surface area (Å²) in [7, 11) is 1.50. The Morgan fingerprint density at radius 1 is 1.38 bits per heavy atom. The molecule has 1 amide bonds. The molecule has 2 aliphatic heterocycles. The largest absolute Gasteiger partial charge is 0.460 e. The minimum absolute atomic E-state index is 0.0649. The van der Waals surface area contributed by atoms with E-state index in [-0.39, 0.29) is 30.3 Å². The van der Waals surface area contributed by atoms with E-state index in [1.54, 1.807) is 25.1 Å². The fourth-order valence-corrected chi connectivity index (χ4v) is 3.95. The summed E-state index contributed by atoms with van der Waals surface area (Å²) in [4.78, 5) is 31.1. The van der Waals surface area contributed by atoms with Crippen molar-refractivity contribution < 1.29 is 23.5 Å². The molecule has 2 aliphatic rings. The molecule has 0 bridgehead atoms. The number of halogens is 1. The van der Waals surface area contributed by atoms with Gasteiger partial charge in [0, 0.05) is 24.8 Å². The Kier molecular flexibility index (Phi) is 5.73. The number of rotatable bonds is 5. The zero-order valence-electron chi connectivity index (χ0n) is 14.5. The van der Waals surface area contributed by atoms with E-state index < -0.39 is 17.8 Å². The van der Waals surface area contributed by atoms with Crippen LogP contribution in [0.15, 0.2) is 40.5 Å². The molecule has 1 aromatic rings. The highest BCUT2D eigenvalue weighted by molar-refractivity contribution is 8.14. The summed E-state index contributed by atoms with van der Waals surface area (Å²) in [5.74, 6) is -0.694. The number of hydrogen-bond acceptors (Lipinski definition) is 6. The number of thioether (sulfide) groups is 1. The van der Waals surface area contributed by atoms with Crippen LogP contribution in [0.4, 0.5) is 4.39 Å². The molecule has 0 unspecified atom stereocenters. The summed E-state index contributed by atoms with van der Waals surface area (Å²) in [6.45, 7) is 1.98. The van der Waals surface area contributed by atoms with Gasteiger partial charge >= 0.3 is 5.97 Å². The molecule has 2 heterocycles. The fraction of sp³-hybridized carbons (Fsp3) is 0.389. The minimum atomic E-state index is -0.890. The maximum Gasteiger partial charge on any atom is 0.338 e. The van der Waals surface area contributed by atoms with E-state index in [9.17, 15) is 14.0 Å². The van der Waals surface area contributed by atoms with Crippen molar-refractivity contribution in [1.82, 2.24) is 4.90 Å². The smallest absolute Gasteiger partial charge is 0.338 e. The number of amidine groups is 1. The van der Waals surface area contributed by atoms with E-state index in [0.717, 1.165) is 0 Å². The predicted octanol–water partition coefficient (Wildman–Crippen LogP) is 2.67. The summed E-state index contributed by atoms with van der Waals surface area (Å²) < 4.78 is 24.7. The second kappa shape index (κ2) is 8.01. The molecule has 1 fully saturated rings. The highest BCUT2D eigenvalue weighted by Crippen LogP contribution is 2.41. The third-order valence-electron chi connectivity index (χ3n) is 4.15. The van der Waals surface area contributed by atoms with E-state index in [1.165, 1.54) is 29.8 Å². The SMILES string of the molecule is COCCOC(=O)C1=C(C)N=C2SCCC(=O)N2[C@@H]1c1ccccc1F. The fourth-order valence-electron chi connectivity index (χ4n) is 2.94. The molecule has 0 N–H and O–H groups in total. The molecule has 8 heteroatoms. The average Bonchev–Trinajstić information content (AvgIpc) is 2.61. The summed E-state index contributed by atoms with van der Waals surface area (Å²) in [6, 6.07) is 5.24. The Morgan fingerprint density at radius 3 is 2.88 bits per heavy atom. The third-order valence-corrected chi connectivity index (χ3v) is 5.10. The average molecular weight is 378 g/mol. The predicted molar refractivity (Wildman–Crippen MR) is 96.0 cm³/mol. The lowest BCUT2D eigenvalue weighted by Crippen LogP contribution is -2.46. The summed E-state index contributed by atoms with van der Waals surface area (Å²) in [6.07, 6.45) is 0.305. The summed E-state index contributed by atoms with van der Waals surface area (Å²) >= 11 is 1.42. The van der Waals surface area contributed by atoms with Gasteiger partial charge in [0.15, 0.2) is 5.17 Å². The Hall–Kier alpha value is -2.19. The molecule has 1 atom stereocenters. The normalized spacial score (nSPS) is 20.0. The number of amides is 1. The van der Waals surface area contributed by atoms with Crippen LogP contribution in [0.3, 0.4) is 0 Å². The number of hydrogen-bond donors (Lipinski definition) is 0. The molecule has 138 valence electrons. The van der Waals surface area contributed by atoms with Crippen LogP contribution >= 0.6 is 11.8 Å². The lowest BCUT2D eigenvalue weighted by Gasteiger charge is -2.38.